The Bertz CT molecular complexity index is 405. The Morgan fingerprint density at radius 1 is 1.42 bits per heavy atom. The molecule has 2 N–H and O–H groups in total. The molecule has 0 spiro atoms. The molecule has 1 atom stereocenters. The summed E-state index contributed by atoms with van der Waals surface area (Å²) in [6.07, 6.45) is 4.04. The van der Waals surface area contributed by atoms with Gasteiger partial charge in [-0.05, 0) is 36.6 Å². The van der Waals surface area contributed by atoms with Crippen LogP contribution in [-0.2, 0) is 11.2 Å². The van der Waals surface area contributed by atoms with Gasteiger partial charge in [-0.1, -0.05) is 22.9 Å². The average Bonchev–Trinajstić information content (AvgIpc) is 2.43. The zero-order chi connectivity index (χ0) is 13.7. The van der Waals surface area contributed by atoms with E-state index in [-0.39, 0.29) is 12.1 Å². The van der Waals surface area contributed by atoms with E-state index in [0.29, 0.717) is 0 Å². The van der Waals surface area contributed by atoms with Gasteiger partial charge in [0.2, 0.25) is 0 Å². The summed E-state index contributed by atoms with van der Waals surface area (Å²) in [4.78, 5) is 0. The van der Waals surface area contributed by atoms with Crippen LogP contribution < -0.4 is 10.5 Å². The molecule has 1 aromatic rings. The average molecular weight is 328 g/mol. The number of ether oxygens (including phenoxy) is 2. The fourth-order valence-electron chi connectivity index (χ4n) is 2.22. The molecule has 1 aliphatic rings. The quantitative estimate of drug-likeness (QED) is 0.902. The van der Waals surface area contributed by atoms with Crippen molar-refractivity contribution in [2.75, 3.05) is 13.2 Å². The number of nitrogens with two attached hydrogens (primary N) is 1. The molecule has 1 aliphatic heterocycles. The lowest BCUT2D eigenvalue weighted by molar-refractivity contribution is 0.0251. The fraction of sp³-hybridized carbons (Fsp3) is 0.600. The van der Waals surface area contributed by atoms with Crippen molar-refractivity contribution in [3.8, 4) is 5.75 Å². The van der Waals surface area contributed by atoms with Crippen molar-refractivity contribution in [2.45, 2.75) is 44.8 Å². The van der Waals surface area contributed by atoms with Gasteiger partial charge in [0.05, 0.1) is 13.2 Å². The summed E-state index contributed by atoms with van der Waals surface area (Å²) < 4.78 is 12.6. The van der Waals surface area contributed by atoms with Crippen LogP contribution in [0, 0.1) is 0 Å². The Balaban J connectivity index is 2.09. The third-order valence-electron chi connectivity index (χ3n) is 3.49. The van der Waals surface area contributed by atoms with Crippen molar-refractivity contribution in [1.29, 1.82) is 0 Å². The molecule has 0 aromatic heterocycles. The Hall–Kier alpha value is -0.580. The Labute approximate surface area is 123 Å². The predicted molar refractivity (Wildman–Crippen MR) is 80.6 cm³/mol. The maximum absolute atomic E-state index is 6.13. The van der Waals surface area contributed by atoms with Gasteiger partial charge < -0.3 is 15.2 Å². The normalized spacial score (nSPS) is 18.3. The molecule has 0 amide bonds. The Kier molecular flexibility index (Phi) is 5.67. The van der Waals surface area contributed by atoms with Crippen LogP contribution in [0.4, 0.5) is 0 Å². The van der Waals surface area contributed by atoms with Crippen LogP contribution in [0.25, 0.3) is 0 Å². The highest BCUT2D eigenvalue weighted by molar-refractivity contribution is 9.10. The van der Waals surface area contributed by atoms with E-state index >= 15 is 0 Å². The first-order valence-corrected chi connectivity index (χ1v) is 7.76. The summed E-state index contributed by atoms with van der Waals surface area (Å²) in [6.45, 7) is 3.71. The molecule has 1 saturated heterocycles. The van der Waals surface area contributed by atoms with Gasteiger partial charge in [0.15, 0.2) is 0 Å². The molecule has 0 radical (unpaired) electrons. The summed E-state index contributed by atoms with van der Waals surface area (Å²) in [5.41, 5.74) is 7.26. The molecule has 0 aliphatic carbocycles. The van der Waals surface area contributed by atoms with Crippen molar-refractivity contribution in [1.82, 2.24) is 0 Å². The molecule has 2 rings (SSSR count). The standard InChI is InChI=1S/C15H22BrNO2/c1-2-13(17)10-11-9-12(16)3-4-15(11)19-14-5-7-18-8-6-14/h3-4,9,13-14H,2,5-8,10,17H2,1H3. The fourth-order valence-corrected chi connectivity index (χ4v) is 2.63. The highest BCUT2D eigenvalue weighted by atomic mass is 79.9. The second-order valence-electron chi connectivity index (χ2n) is 5.05. The lowest BCUT2D eigenvalue weighted by Crippen LogP contribution is -2.27. The van der Waals surface area contributed by atoms with E-state index in [1.807, 2.05) is 12.1 Å². The maximum Gasteiger partial charge on any atom is 0.123 e. The van der Waals surface area contributed by atoms with Crippen molar-refractivity contribution < 1.29 is 9.47 Å². The minimum absolute atomic E-state index is 0.186. The zero-order valence-electron chi connectivity index (χ0n) is 11.4. The number of halogens is 1. The highest BCUT2D eigenvalue weighted by Crippen LogP contribution is 2.27. The van der Waals surface area contributed by atoms with Gasteiger partial charge in [-0.3, -0.25) is 0 Å². The van der Waals surface area contributed by atoms with E-state index in [0.717, 1.165) is 49.1 Å². The van der Waals surface area contributed by atoms with Crippen LogP contribution >= 0.6 is 15.9 Å². The maximum atomic E-state index is 6.13. The minimum atomic E-state index is 0.186. The van der Waals surface area contributed by atoms with Gasteiger partial charge in [0, 0.05) is 23.4 Å². The van der Waals surface area contributed by atoms with E-state index in [1.54, 1.807) is 0 Å². The lowest BCUT2D eigenvalue weighted by atomic mass is 10.0. The van der Waals surface area contributed by atoms with Crippen molar-refractivity contribution in [2.24, 2.45) is 5.73 Å². The van der Waals surface area contributed by atoms with Crippen molar-refractivity contribution in [3.05, 3.63) is 28.2 Å². The first-order valence-electron chi connectivity index (χ1n) is 6.97. The topological polar surface area (TPSA) is 44.5 Å². The molecule has 0 bridgehead atoms. The minimum Gasteiger partial charge on any atom is -0.490 e. The van der Waals surface area contributed by atoms with Crippen LogP contribution in [0.2, 0.25) is 0 Å². The second kappa shape index (κ2) is 7.27. The van der Waals surface area contributed by atoms with Crippen LogP contribution in [0.15, 0.2) is 22.7 Å². The summed E-state index contributed by atoms with van der Waals surface area (Å²) in [7, 11) is 0. The molecule has 3 nitrogen and oxygen atoms in total. The molecule has 19 heavy (non-hydrogen) atoms. The van der Waals surface area contributed by atoms with Crippen molar-refractivity contribution in [3.63, 3.8) is 0 Å². The summed E-state index contributed by atoms with van der Waals surface area (Å²) in [5, 5.41) is 0. The van der Waals surface area contributed by atoms with Gasteiger partial charge in [-0.15, -0.1) is 0 Å². The molecular weight excluding hydrogens is 306 g/mol. The number of rotatable bonds is 5. The van der Waals surface area contributed by atoms with E-state index in [2.05, 4.69) is 28.9 Å². The van der Waals surface area contributed by atoms with Crippen LogP contribution in [-0.4, -0.2) is 25.4 Å². The molecule has 1 fully saturated rings. The molecule has 106 valence electrons. The van der Waals surface area contributed by atoms with Crippen molar-refractivity contribution >= 4 is 15.9 Å². The zero-order valence-corrected chi connectivity index (χ0v) is 13.0. The smallest absolute Gasteiger partial charge is 0.123 e. The number of benzene rings is 1. The van der Waals surface area contributed by atoms with E-state index in [1.165, 1.54) is 5.56 Å². The van der Waals surface area contributed by atoms with Gasteiger partial charge in [-0.2, -0.15) is 0 Å². The monoisotopic (exact) mass is 327 g/mol. The lowest BCUT2D eigenvalue weighted by Gasteiger charge is -2.25. The molecule has 4 heteroatoms. The van der Waals surface area contributed by atoms with Crippen LogP contribution in [0.3, 0.4) is 0 Å². The third kappa shape index (κ3) is 4.48. The van der Waals surface area contributed by atoms with Crippen LogP contribution in [0.5, 0.6) is 5.75 Å². The van der Waals surface area contributed by atoms with E-state index in [4.69, 9.17) is 15.2 Å². The van der Waals surface area contributed by atoms with E-state index < -0.39 is 0 Å². The first kappa shape index (κ1) is 14.8. The third-order valence-corrected chi connectivity index (χ3v) is 3.98. The SMILES string of the molecule is CCC(N)Cc1cc(Br)ccc1OC1CCOCC1. The summed E-state index contributed by atoms with van der Waals surface area (Å²) >= 11 is 3.52. The Morgan fingerprint density at radius 2 is 2.16 bits per heavy atom. The van der Waals surface area contributed by atoms with Gasteiger partial charge in [-0.25, -0.2) is 0 Å². The molecule has 1 aromatic carbocycles. The Morgan fingerprint density at radius 3 is 2.84 bits per heavy atom. The molecule has 1 heterocycles. The number of hydrogen-bond donors (Lipinski definition) is 1. The summed E-state index contributed by atoms with van der Waals surface area (Å²) in [5.74, 6) is 0.971. The largest absolute Gasteiger partial charge is 0.490 e. The number of hydrogen-bond acceptors (Lipinski definition) is 3. The summed E-state index contributed by atoms with van der Waals surface area (Å²) in [6, 6.07) is 6.36. The second-order valence-corrected chi connectivity index (χ2v) is 5.97. The van der Waals surface area contributed by atoms with Gasteiger partial charge >= 0.3 is 0 Å². The molecular formula is C15H22BrNO2. The van der Waals surface area contributed by atoms with E-state index in [9.17, 15) is 0 Å². The van der Waals surface area contributed by atoms with Crippen LogP contribution in [0.1, 0.15) is 31.7 Å². The molecule has 0 saturated carbocycles. The predicted octanol–water partition coefficient (Wildman–Crippen LogP) is 3.29. The van der Waals surface area contributed by atoms with Gasteiger partial charge in [0.1, 0.15) is 11.9 Å². The van der Waals surface area contributed by atoms with Gasteiger partial charge in [0.25, 0.3) is 0 Å². The first-order chi connectivity index (χ1) is 9.19. The highest BCUT2D eigenvalue weighted by Gasteiger charge is 2.17. The molecule has 1 unspecified atom stereocenters.